The average Bonchev–Trinajstić information content (AvgIpc) is 2.37. The summed E-state index contributed by atoms with van der Waals surface area (Å²) in [6.07, 6.45) is -4.56. The van der Waals surface area contributed by atoms with Gasteiger partial charge in [0.25, 0.3) is 5.91 Å². The molecule has 1 aliphatic rings. The Labute approximate surface area is 88.9 Å². The van der Waals surface area contributed by atoms with Gasteiger partial charge in [-0.15, -0.1) is 0 Å². The molecule has 0 aromatic heterocycles. The minimum absolute atomic E-state index is 0.0488. The molecule has 1 amide bonds. The van der Waals surface area contributed by atoms with Gasteiger partial charge in [0.2, 0.25) is 0 Å². The van der Waals surface area contributed by atoms with Crippen LogP contribution in [0.3, 0.4) is 0 Å². The molecular weight excluding hydrogens is 223 g/mol. The van der Waals surface area contributed by atoms with Crippen molar-refractivity contribution in [1.29, 1.82) is 0 Å². The summed E-state index contributed by atoms with van der Waals surface area (Å²) < 4.78 is 37.8. The molecule has 0 radical (unpaired) electrons. The lowest BCUT2D eigenvalue weighted by atomic mass is 9.96. The highest BCUT2D eigenvalue weighted by Gasteiger charge is 2.45. The highest BCUT2D eigenvalue weighted by atomic mass is 19.4. The highest BCUT2D eigenvalue weighted by Crippen LogP contribution is 2.43. The third-order valence-corrected chi connectivity index (χ3v) is 2.57. The van der Waals surface area contributed by atoms with E-state index < -0.39 is 23.2 Å². The number of aliphatic hydroxyl groups is 1. The summed E-state index contributed by atoms with van der Waals surface area (Å²) >= 11 is 0. The lowest BCUT2D eigenvalue weighted by Gasteiger charge is -2.14. The van der Waals surface area contributed by atoms with Gasteiger partial charge in [0.05, 0.1) is 11.3 Å². The number of benzene rings is 1. The second-order valence-corrected chi connectivity index (χ2v) is 3.75. The molecule has 0 saturated carbocycles. The maximum atomic E-state index is 12.6. The Kier molecular flexibility index (Phi) is 2.03. The minimum atomic E-state index is -4.56. The van der Waals surface area contributed by atoms with Crippen molar-refractivity contribution in [3.63, 3.8) is 0 Å². The van der Waals surface area contributed by atoms with Gasteiger partial charge in [0.15, 0.2) is 5.60 Å². The molecule has 0 fully saturated rings. The van der Waals surface area contributed by atoms with Crippen LogP contribution in [0.5, 0.6) is 0 Å². The summed E-state index contributed by atoms with van der Waals surface area (Å²) in [6.45, 7) is 1.16. The van der Waals surface area contributed by atoms with E-state index in [0.29, 0.717) is 0 Å². The van der Waals surface area contributed by atoms with E-state index in [-0.39, 0.29) is 11.3 Å². The van der Waals surface area contributed by atoms with Crippen LogP contribution in [0.1, 0.15) is 18.1 Å². The van der Waals surface area contributed by atoms with Crippen molar-refractivity contribution in [2.75, 3.05) is 5.32 Å². The molecular formula is C10H8F3NO2. The smallest absolute Gasteiger partial charge is 0.375 e. The number of carbonyl (C=O) groups is 1. The molecule has 6 heteroatoms. The van der Waals surface area contributed by atoms with Crippen LogP contribution in [0.4, 0.5) is 18.9 Å². The Balaban J connectivity index is 2.66. The molecule has 0 aliphatic carbocycles. The third-order valence-electron chi connectivity index (χ3n) is 2.57. The third kappa shape index (κ3) is 1.37. The Morgan fingerprint density at radius 1 is 1.38 bits per heavy atom. The zero-order valence-corrected chi connectivity index (χ0v) is 8.22. The van der Waals surface area contributed by atoms with E-state index in [1.54, 1.807) is 0 Å². The van der Waals surface area contributed by atoms with Gasteiger partial charge in [-0.1, -0.05) is 12.1 Å². The number of carbonyl (C=O) groups excluding carboxylic acids is 1. The van der Waals surface area contributed by atoms with Crippen LogP contribution in [0.2, 0.25) is 0 Å². The number of hydrogen-bond acceptors (Lipinski definition) is 2. The van der Waals surface area contributed by atoms with Gasteiger partial charge in [-0.05, 0) is 13.0 Å². The summed E-state index contributed by atoms with van der Waals surface area (Å²) in [7, 11) is 0. The molecule has 0 bridgehead atoms. The average molecular weight is 231 g/mol. The molecule has 1 unspecified atom stereocenters. The van der Waals surface area contributed by atoms with Crippen LogP contribution in [0.15, 0.2) is 18.2 Å². The Morgan fingerprint density at radius 2 is 2.00 bits per heavy atom. The Morgan fingerprint density at radius 3 is 2.56 bits per heavy atom. The van der Waals surface area contributed by atoms with Gasteiger partial charge in [-0.3, -0.25) is 4.79 Å². The lowest BCUT2D eigenvalue weighted by molar-refractivity contribution is -0.136. The zero-order chi connectivity index (χ0) is 12.1. The molecule has 16 heavy (non-hydrogen) atoms. The molecule has 86 valence electrons. The first-order valence-electron chi connectivity index (χ1n) is 4.49. The summed E-state index contributed by atoms with van der Waals surface area (Å²) in [4.78, 5) is 11.3. The van der Waals surface area contributed by atoms with Crippen LogP contribution in [0, 0.1) is 0 Å². The number of alkyl halides is 3. The highest BCUT2D eigenvalue weighted by molar-refractivity contribution is 6.05. The maximum absolute atomic E-state index is 12.6. The van der Waals surface area contributed by atoms with Crippen molar-refractivity contribution in [3.05, 3.63) is 29.3 Å². The fourth-order valence-corrected chi connectivity index (χ4v) is 1.69. The number of nitrogens with one attached hydrogen (secondary N) is 1. The van der Waals surface area contributed by atoms with Crippen molar-refractivity contribution in [2.24, 2.45) is 0 Å². The topological polar surface area (TPSA) is 49.3 Å². The quantitative estimate of drug-likeness (QED) is 0.716. The van der Waals surface area contributed by atoms with Crippen molar-refractivity contribution in [2.45, 2.75) is 18.7 Å². The SMILES string of the molecule is CC1(O)C(=O)Nc2c(C(F)(F)F)cccc21. The zero-order valence-electron chi connectivity index (χ0n) is 8.22. The van der Waals surface area contributed by atoms with Crippen LogP contribution < -0.4 is 5.32 Å². The number of hydrogen-bond donors (Lipinski definition) is 2. The summed E-state index contributed by atoms with van der Waals surface area (Å²) in [5.41, 5.74) is -3.26. The number of fused-ring (bicyclic) bond motifs is 1. The van der Waals surface area contributed by atoms with Gasteiger partial charge >= 0.3 is 6.18 Å². The first-order chi connectivity index (χ1) is 7.24. The van der Waals surface area contributed by atoms with E-state index in [2.05, 4.69) is 5.32 Å². The lowest BCUT2D eigenvalue weighted by Crippen LogP contribution is -2.30. The van der Waals surface area contributed by atoms with E-state index in [0.717, 1.165) is 19.1 Å². The van der Waals surface area contributed by atoms with Gasteiger partial charge in [-0.25, -0.2) is 0 Å². The standard InChI is InChI=1S/C10H8F3NO2/c1-9(16)5-3-2-4-6(10(11,12)13)7(5)14-8(9)15/h2-4,16H,1H3,(H,14,15). The molecule has 3 nitrogen and oxygen atoms in total. The molecule has 1 aromatic rings. The number of para-hydroxylation sites is 1. The molecule has 1 heterocycles. The normalized spacial score (nSPS) is 24.2. The molecule has 1 aliphatic heterocycles. The maximum Gasteiger partial charge on any atom is 0.418 e. The first kappa shape index (κ1) is 10.9. The van der Waals surface area contributed by atoms with Crippen molar-refractivity contribution < 1.29 is 23.1 Å². The second-order valence-electron chi connectivity index (χ2n) is 3.75. The van der Waals surface area contributed by atoms with E-state index in [9.17, 15) is 23.1 Å². The summed E-state index contributed by atoms with van der Waals surface area (Å²) in [6, 6.07) is 3.32. The van der Waals surface area contributed by atoms with Crippen LogP contribution in [-0.2, 0) is 16.6 Å². The Hall–Kier alpha value is -1.56. The molecule has 1 atom stereocenters. The Bertz CT molecular complexity index is 466. The van der Waals surface area contributed by atoms with Crippen LogP contribution >= 0.6 is 0 Å². The number of anilines is 1. The number of amides is 1. The first-order valence-corrected chi connectivity index (χ1v) is 4.49. The monoisotopic (exact) mass is 231 g/mol. The van der Waals surface area contributed by atoms with Crippen LogP contribution in [-0.4, -0.2) is 11.0 Å². The predicted molar refractivity (Wildman–Crippen MR) is 49.6 cm³/mol. The number of rotatable bonds is 0. The van der Waals surface area contributed by atoms with E-state index in [4.69, 9.17) is 0 Å². The molecule has 0 saturated heterocycles. The van der Waals surface area contributed by atoms with Crippen LogP contribution in [0.25, 0.3) is 0 Å². The van der Waals surface area contributed by atoms with Gasteiger partial charge in [0.1, 0.15) is 0 Å². The molecule has 0 spiro atoms. The summed E-state index contributed by atoms with van der Waals surface area (Å²) in [5, 5.41) is 11.8. The van der Waals surface area contributed by atoms with Gasteiger partial charge in [0, 0.05) is 5.56 Å². The largest absolute Gasteiger partial charge is 0.418 e. The second kappa shape index (κ2) is 2.98. The van der Waals surface area contributed by atoms with E-state index in [1.807, 2.05) is 0 Å². The predicted octanol–water partition coefficient (Wildman–Crippen LogP) is 1.86. The molecule has 2 rings (SSSR count). The molecule has 2 N–H and O–H groups in total. The van der Waals surface area contributed by atoms with Crippen molar-refractivity contribution in [3.8, 4) is 0 Å². The van der Waals surface area contributed by atoms with Gasteiger partial charge < -0.3 is 10.4 Å². The summed E-state index contributed by atoms with van der Waals surface area (Å²) in [5.74, 6) is -0.848. The van der Waals surface area contributed by atoms with Crippen molar-refractivity contribution >= 4 is 11.6 Å². The number of halogens is 3. The van der Waals surface area contributed by atoms with Crippen molar-refractivity contribution in [1.82, 2.24) is 0 Å². The molecule has 1 aromatic carbocycles. The van der Waals surface area contributed by atoms with Gasteiger partial charge in [-0.2, -0.15) is 13.2 Å². The van der Waals surface area contributed by atoms with E-state index in [1.165, 1.54) is 6.07 Å². The fraction of sp³-hybridized carbons (Fsp3) is 0.300. The minimum Gasteiger partial charge on any atom is -0.375 e. The van der Waals surface area contributed by atoms with E-state index >= 15 is 0 Å². The fourth-order valence-electron chi connectivity index (χ4n) is 1.69.